The Labute approximate surface area is 88.6 Å². The van der Waals surface area contributed by atoms with Crippen molar-refractivity contribution in [2.75, 3.05) is 13.2 Å². The normalized spacial score (nSPS) is 19.5. The quantitative estimate of drug-likeness (QED) is 0.730. The van der Waals surface area contributed by atoms with Gasteiger partial charge < -0.3 is 10.0 Å². The first-order chi connectivity index (χ1) is 7.33. The fourth-order valence-corrected chi connectivity index (χ4v) is 1.71. The summed E-state index contributed by atoms with van der Waals surface area (Å²) in [6.07, 6.45) is 3.77. The van der Waals surface area contributed by atoms with Crippen LogP contribution in [0, 0.1) is 0 Å². The molecule has 0 aliphatic carbocycles. The second-order valence-electron chi connectivity index (χ2n) is 3.50. The fraction of sp³-hybridized carbons (Fsp3) is 0.250. The molecular formula is C12H13NO2. The summed E-state index contributed by atoms with van der Waals surface area (Å²) >= 11 is 0. The van der Waals surface area contributed by atoms with E-state index in [2.05, 4.69) is 0 Å². The van der Waals surface area contributed by atoms with Gasteiger partial charge in [-0.1, -0.05) is 30.4 Å². The van der Waals surface area contributed by atoms with Crippen molar-refractivity contribution < 1.29 is 9.90 Å². The Balaban J connectivity index is 2.16. The van der Waals surface area contributed by atoms with E-state index in [4.69, 9.17) is 5.11 Å². The van der Waals surface area contributed by atoms with Gasteiger partial charge in [0, 0.05) is 12.1 Å². The van der Waals surface area contributed by atoms with E-state index in [1.54, 1.807) is 17.0 Å². The van der Waals surface area contributed by atoms with Gasteiger partial charge >= 0.3 is 0 Å². The van der Waals surface area contributed by atoms with Crippen LogP contribution in [-0.4, -0.2) is 35.1 Å². The van der Waals surface area contributed by atoms with Gasteiger partial charge in [-0.05, 0) is 12.1 Å². The van der Waals surface area contributed by atoms with E-state index < -0.39 is 0 Å². The molecule has 1 aliphatic rings. The largest absolute Gasteiger partial charge is 0.394 e. The minimum atomic E-state index is -0.169. The Hall–Kier alpha value is -1.61. The number of hydrogen-bond acceptors (Lipinski definition) is 2. The van der Waals surface area contributed by atoms with Crippen molar-refractivity contribution in [3.05, 3.63) is 48.0 Å². The van der Waals surface area contributed by atoms with E-state index in [-0.39, 0.29) is 18.6 Å². The molecule has 1 N–H and O–H groups in total. The number of amides is 1. The molecule has 78 valence electrons. The number of nitrogens with zero attached hydrogens (tertiary/aromatic N) is 1. The van der Waals surface area contributed by atoms with E-state index >= 15 is 0 Å². The maximum absolute atomic E-state index is 12.0. The third kappa shape index (κ3) is 1.92. The smallest absolute Gasteiger partial charge is 0.254 e. The van der Waals surface area contributed by atoms with Crippen LogP contribution in [0.2, 0.25) is 0 Å². The summed E-state index contributed by atoms with van der Waals surface area (Å²) in [6.45, 7) is 0.564. The molecule has 2 rings (SSSR count). The lowest BCUT2D eigenvalue weighted by atomic mass is 10.2. The molecule has 1 aromatic carbocycles. The minimum absolute atomic E-state index is 0.0188. The number of aliphatic hydroxyl groups excluding tert-OH is 1. The summed E-state index contributed by atoms with van der Waals surface area (Å²) in [5.74, 6) is -0.0281. The molecule has 1 amide bonds. The maximum Gasteiger partial charge on any atom is 0.254 e. The van der Waals surface area contributed by atoms with E-state index in [9.17, 15) is 4.79 Å². The van der Waals surface area contributed by atoms with Gasteiger partial charge in [0.15, 0.2) is 0 Å². The van der Waals surface area contributed by atoms with Gasteiger partial charge in [-0.15, -0.1) is 0 Å². The zero-order valence-electron chi connectivity index (χ0n) is 8.34. The van der Waals surface area contributed by atoms with Gasteiger partial charge in [-0.2, -0.15) is 0 Å². The van der Waals surface area contributed by atoms with Crippen LogP contribution in [0.15, 0.2) is 42.5 Å². The summed E-state index contributed by atoms with van der Waals surface area (Å²) in [5, 5.41) is 9.09. The van der Waals surface area contributed by atoms with Crippen LogP contribution >= 0.6 is 0 Å². The number of carbonyl (C=O) groups excluding carboxylic acids is 1. The minimum Gasteiger partial charge on any atom is -0.394 e. The summed E-state index contributed by atoms with van der Waals surface area (Å²) in [4.78, 5) is 13.7. The monoisotopic (exact) mass is 203 g/mol. The predicted molar refractivity (Wildman–Crippen MR) is 57.5 cm³/mol. The molecule has 15 heavy (non-hydrogen) atoms. The van der Waals surface area contributed by atoms with Crippen molar-refractivity contribution in [3.8, 4) is 0 Å². The second-order valence-corrected chi connectivity index (χ2v) is 3.50. The van der Waals surface area contributed by atoms with Crippen molar-refractivity contribution in [1.29, 1.82) is 0 Å². The fourth-order valence-electron chi connectivity index (χ4n) is 1.71. The molecule has 1 atom stereocenters. The highest BCUT2D eigenvalue weighted by molar-refractivity contribution is 5.94. The Morgan fingerprint density at radius 3 is 2.80 bits per heavy atom. The zero-order chi connectivity index (χ0) is 10.7. The van der Waals surface area contributed by atoms with E-state index in [0.29, 0.717) is 12.1 Å². The Kier molecular flexibility index (Phi) is 2.83. The van der Waals surface area contributed by atoms with Crippen LogP contribution in [0.25, 0.3) is 0 Å². The van der Waals surface area contributed by atoms with E-state index in [0.717, 1.165) is 0 Å². The molecule has 1 aliphatic heterocycles. The third-order valence-electron chi connectivity index (χ3n) is 2.53. The van der Waals surface area contributed by atoms with Gasteiger partial charge in [-0.25, -0.2) is 0 Å². The third-order valence-corrected chi connectivity index (χ3v) is 2.53. The van der Waals surface area contributed by atoms with Gasteiger partial charge in [-0.3, -0.25) is 4.79 Å². The first-order valence-corrected chi connectivity index (χ1v) is 4.96. The summed E-state index contributed by atoms with van der Waals surface area (Å²) in [7, 11) is 0. The van der Waals surface area contributed by atoms with E-state index in [1.165, 1.54) is 0 Å². The Morgan fingerprint density at radius 1 is 1.40 bits per heavy atom. The summed E-state index contributed by atoms with van der Waals surface area (Å²) in [5.41, 5.74) is 0.666. The molecule has 3 nitrogen and oxygen atoms in total. The van der Waals surface area contributed by atoms with Crippen LogP contribution in [0.4, 0.5) is 0 Å². The van der Waals surface area contributed by atoms with Crippen LogP contribution in [0.5, 0.6) is 0 Å². The highest BCUT2D eigenvalue weighted by atomic mass is 16.3. The number of aliphatic hydroxyl groups is 1. The highest BCUT2D eigenvalue weighted by Crippen LogP contribution is 2.13. The molecule has 0 aromatic heterocycles. The van der Waals surface area contributed by atoms with Crippen LogP contribution in [-0.2, 0) is 0 Å². The van der Waals surface area contributed by atoms with Crippen molar-refractivity contribution in [2.24, 2.45) is 0 Å². The average molecular weight is 203 g/mol. The molecule has 1 aromatic rings. The summed E-state index contributed by atoms with van der Waals surface area (Å²) < 4.78 is 0. The lowest BCUT2D eigenvalue weighted by Gasteiger charge is -2.22. The molecule has 0 saturated heterocycles. The van der Waals surface area contributed by atoms with Crippen molar-refractivity contribution in [3.63, 3.8) is 0 Å². The van der Waals surface area contributed by atoms with Crippen LogP contribution in [0.3, 0.4) is 0 Å². The molecular weight excluding hydrogens is 190 g/mol. The van der Waals surface area contributed by atoms with E-state index in [1.807, 2.05) is 30.4 Å². The number of benzene rings is 1. The van der Waals surface area contributed by atoms with Crippen molar-refractivity contribution in [1.82, 2.24) is 4.90 Å². The molecule has 3 heteroatoms. The second kappa shape index (κ2) is 4.28. The molecule has 0 saturated carbocycles. The number of hydrogen-bond donors (Lipinski definition) is 1. The molecule has 0 bridgehead atoms. The topological polar surface area (TPSA) is 40.5 Å². The molecule has 1 unspecified atom stereocenters. The average Bonchev–Trinajstić information content (AvgIpc) is 2.77. The summed E-state index contributed by atoms with van der Waals surface area (Å²) in [6, 6.07) is 8.96. The number of rotatable bonds is 2. The van der Waals surface area contributed by atoms with Crippen molar-refractivity contribution in [2.45, 2.75) is 6.04 Å². The molecule has 0 fully saturated rings. The van der Waals surface area contributed by atoms with Gasteiger partial charge in [0.2, 0.25) is 0 Å². The van der Waals surface area contributed by atoms with Crippen LogP contribution < -0.4 is 0 Å². The lowest BCUT2D eigenvalue weighted by molar-refractivity contribution is 0.0700. The Morgan fingerprint density at radius 2 is 2.13 bits per heavy atom. The highest BCUT2D eigenvalue weighted by Gasteiger charge is 2.24. The predicted octanol–water partition coefficient (Wildman–Crippen LogP) is 1.06. The standard InChI is InChI=1S/C12H13NO2/c14-9-11-7-4-8-13(11)12(15)10-5-2-1-3-6-10/h1-7,11,14H,8-9H2. The lowest BCUT2D eigenvalue weighted by Crippen LogP contribution is -2.38. The molecule has 0 radical (unpaired) electrons. The SMILES string of the molecule is O=C(c1ccccc1)N1CC=CC1CO. The number of carbonyl (C=O) groups is 1. The first kappa shape index (κ1) is 9.93. The van der Waals surface area contributed by atoms with Gasteiger partial charge in [0.1, 0.15) is 0 Å². The first-order valence-electron chi connectivity index (χ1n) is 4.96. The zero-order valence-corrected chi connectivity index (χ0v) is 8.34. The van der Waals surface area contributed by atoms with Crippen LogP contribution in [0.1, 0.15) is 10.4 Å². The maximum atomic E-state index is 12.0. The van der Waals surface area contributed by atoms with Gasteiger partial charge in [0.25, 0.3) is 5.91 Å². The van der Waals surface area contributed by atoms with Crippen molar-refractivity contribution >= 4 is 5.91 Å². The molecule has 1 heterocycles. The molecule has 0 spiro atoms. The van der Waals surface area contributed by atoms with Gasteiger partial charge in [0.05, 0.1) is 12.6 Å². The Bertz CT molecular complexity index is 372.